The average Bonchev–Trinajstić information content (AvgIpc) is 2.55. The normalized spacial score (nSPS) is 15.8. The molecule has 122 valence electrons. The third-order valence-electron chi connectivity index (χ3n) is 4.30. The zero-order chi connectivity index (χ0) is 15.8. The molecule has 0 radical (unpaired) electrons. The van der Waals surface area contributed by atoms with Crippen LogP contribution in [0.5, 0.6) is 0 Å². The van der Waals surface area contributed by atoms with Crippen LogP contribution in [-0.4, -0.2) is 48.6 Å². The van der Waals surface area contributed by atoms with Crippen molar-refractivity contribution in [3.8, 4) is 0 Å². The van der Waals surface area contributed by atoms with Gasteiger partial charge in [0.1, 0.15) is 0 Å². The maximum Gasteiger partial charge on any atom is 0.317 e. The first-order valence-electron chi connectivity index (χ1n) is 8.49. The fraction of sp³-hybridized carbons (Fsp3) is 0.611. The number of rotatable bonds is 6. The molecule has 0 bridgehead atoms. The van der Waals surface area contributed by atoms with E-state index in [0.29, 0.717) is 6.54 Å². The van der Waals surface area contributed by atoms with Gasteiger partial charge in [0, 0.05) is 32.7 Å². The van der Waals surface area contributed by atoms with Crippen LogP contribution in [0.4, 0.5) is 4.79 Å². The van der Waals surface area contributed by atoms with Gasteiger partial charge in [-0.2, -0.15) is 0 Å². The number of benzene rings is 1. The Bertz CT molecular complexity index is 450. The second-order valence-electron chi connectivity index (χ2n) is 6.18. The van der Waals surface area contributed by atoms with Crippen molar-refractivity contribution in [2.75, 3.05) is 32.7 Å². The summed E-state index contributed by atoms with van der Waals surface area (Å²) in [7, 11) is 0. The van der Waals surface area contributed by atoms with E-state index in [0.717, 1.165) is 31.7 Å². The number of carbonyl (C=O) groups is 1. The summed E-state index contributed by atoms with van der Waals surface area (Å²) in [6.07, 6.45) is 3.84. The van der Waals surface area contributed by atoms with E-state index in [1.54, 1.807) is 0 Å². The van der Waals surface area contributed by atoms with Crippen molar-refractivity contribution in [2.24, 2.45) is 0 Å². The van der Waals surface area contributed by atoms with E-state index in [1.165, 1.54) is 31.4 Å². The Balaban J connectivity index is 1.67. The lowest BCUT2D eigenvalue weighted by atomic mass is 10.1. The topological polar surface area (TPSA) is 35.6 Å². The maximum absolute atomic E-state index is 12.2. The van der Waals surface area contributed by atoms with Crippen molar-refractivity contribution < 1.29 is 4.79 Å². The minimum atomic E-state index is 0.0637. The Kier molecular flexibility index (Phi) is 6.72. The smallest absolute Gasteiger partial charge is 0.317 e. The van der Waals surface area contributed by atoms with Crippen LogP contribution in [0.3, 0.4) is 0 Å². The standard InChI is InChI=1S/C18H29N3O/c1-3-4-5-10-20-11-13-21(14-12-20)18(22)19-15-17-8-6-16(2)7-9-17/h6-9H,3-5,10-15H2,1-2H3,(H,19,22). The first-order valence-corrected chi connectivity index (χ1v) is 8.49. The van der Waals surface area contributed by atoms with Crippen LogP contribution < -0.4 is 5.32 Å². The molecule has 1 aromatic rings. The zero-order valence-corrected chi connectivity index (χ0v) is 14.0. The van der Waals surface area contributed by atoms with Crippen molar-refractivity contribution in [1.29, 1.82) is 0 Å². The first kappa shape index (κ1) is 16.8. The number of hydrogen-bond donors (Lipinski definition) is 1. The van der Waals surface area contributed by atoms with Crippen LogP contribution in [0.15, 0.2) is 24.3 Å². The molecule has 0 saturated carbocycles. The molecule has 1 saturated heterocycles. The first-order chi connectivity index (χ1) is 10.7. The van der Waals surface area contributed by atoms with Gasteiger partial charge in [-0.3, -0.25) is 4.90 Å². The summed E-state index contributed by atoms with van der Waals surface area (Å²) in [5, 5.41) is 3.02. The Morgan fingerprint density at radius 3 is 2.41 bits per heavy atom. The van der Waals surface area contributed by atoms with Gasteiger partial charge >= 0.3 is 6.03 Å². The molecule has 0 atom stereocenters. The van der Waals surface area contributed by atoms with Gasteiger partial charge in [0.15, 0.2) is 0 Å². The fourth-order valence-corrected chi connectivity index (χ4v) is 2.76. The van der Waals surface area contributed by atoms with Crippen molar-refractivity contribution in [3.63, 3.8) is 0 Å². The minimum absolute atomic E-state index is 0.0637. The lowest BCUT2D eigenvalue weighted by Crippen LogP contribution is -2.51. The lowest BCUT2D eigenvalue weighted by molar-refractivity contribution is 0.138. The highest BCUT2D eigenvalue weighted by atomic mass is 16.2. The molecule has 1 aromatic carbocycles. The van der Waals surface area contributed by atoms with Crippen LogP contribution in [0.2, 0.25) is 0 Å². The van der Waals surface area contributed by atoms with Gasteiger partial charge in [-0.1, -0.05) is 49.6 Å². The molecule has 22 heavy (non-hydrogen) atoms. The van der Waals surface area contributed by atoms with Crippen molar-refractivity contribution >= 4 is 6.03 Å². The van der Waals surface area contributed by atoms with Gasteiger partial charge in [-0.15, -0.1) is 0 Å². The predicted octanol–water partition coefficient (Wildman–Crippen LogP) is 3.01. The number of urea groups is 1. The summed E-state index contributed by atoms with van der Waals surface area (Å²) in [5.41, 5.74) is 2.39. The SMILES string of the molecule is CCCCCN1CCN(C(=O)NCc2ccc(C)cc2)CC1. The Hall–Kier alpha value is -1.55. The molecule has 4 heteroatoms. The molecule has 0 spiro atoms. The fourth-order valence-electron chi connectivity index (χ4n) is 2.76. The zero-order valence-electron chi connectivity index (χ0n) is 14.0. The number of hydrogen-bond acceptors (Lipinski definition) is 2. The van der Waals surface area contributed by atoms with Crippen LogP contribution >= 0.6 is 0 Å². The Labute approximate surface area is 134 Å². The highest BCUT2D eigenvalue weighted by Gasteiger charge is 2.20. The van der Waals surface area contributed by atoms with Crippen LogP contribution in [-0.2, 0) is 6.54 Å². The predicted molar refractivity (Wildman–Crippen MR) is 91.0 cm³/mol. The number of nitrogens with one attached hydrogen (secondary N) is 1. The van der Waals surface area contributed by atoms with E-state index in [2.05, 4.69) is 48.3 Å². The lowest BCUT2D eigenvalue weighted by Gasteiger charge is -2.34. The minimum Gasteiger partial charge on any atom is -0.334 e. The second-order valence-corrected chi connectivity index (χ2v) is 6.18. The number of carbonyl (C=O) groups excluding carboxylic acids is 1. The van der Waals surface area contributed by atoms with Crippen molar-refractivity contribution in [1.82, 2.24) is 15.1 Å². The number of unbranched alkanes of at least 4 members (excludes halogenated alkanes) is 2. The Morgan fingerprint density at radius 1 is 1.09 bits per heavy atom. The second kappa shape index (κ2) is 8.79. The molecule has 1 aliphatic rings. The van der Waals surface area contributed by atoms with Crippen LogP contribution in [0, 0.1) is 6.92 Å². The highest BCUT2D eigenvalue weighted by molar-refractivity contribution is 5.74. The van der Waals surface area contributed by atoms with Gasteiger partial charge in [-0.25, -0.2) is 4.79 Å². The molecule has 0 unspecified atom stereocenters. The molecular weight excluding hydrogens is 274 g/mol. The van der Waals surface area contributed by atoms with Crippen molar-refractivity contribution in [2.45, 2.75) is 39.7 Å². The monoisotopic (exact) mass is 303 g/mol. The van der Waals surface area contributed by atoms with Crippen molar-refractivity contribution in [3.05, 3.63) is 35.4 Å². The molecular formula is C18H29N3O. The van der Waals surface area contributed by atoms with E-state index in [9.17, 15) is 4.79 Å². The average molecular weight is 303 g/mol. The largest absolute Gasteiger partial charge is 0.334 e. The summed E-state index contributed by atoms with van der Waals surface area (Å²) < 4.78 is 0. The van der Waals surface area contributed by atoms with E-state index < -0.39 is 0 Å². The molecule has 4 nitrogen and oxygen atoms in total. The summed E-state index contributed by atoms with van der Waals surface area (Å²) in [6, 6.07) is 8.36. The van der Waals surface area contributed by atoms with Gasteiger partial charge in [0.05, 0.1) is 0 Å². The van der Waals surface area contributed by atoms with E-state index in [-0.39, 0.29) is 6.03 Å². The summed E-state index contributed by atoms with van der Waals surface area (Å²) in [4.78, 5) is 16.6. The third kappa shape index (κ3) is 5.34. The van der Waals surface area contributed by atoms with Gasteiger partial charge < -0.3 is 10.2 Å². The Morgan fingerprint density at radius 2 is 1.77 bits per heavy atom. The van der Waals surface area contributed by atoms with E-state index in [1.807, 2.05) is 4.90 Å². The molecule has 1 fully saturated rings. The molecule has 0 aromatic heterocycles. The quantitative estimate of drug-likeness (QED) is 0.820. The molecule has 1 heterocycles. The number of amides is 2. The van der Waals surface area contributed by atoms with Crippen LogP contribution in [0.1, 0.15) is 37.3 Å². The van der Waals surface area contributed by atoms with E-state index in [4.69, 9.17) is 0 Å². The van der Waals surface area contributed by atoms with Crippen LogP contribution in [0.25, 0.3) is 0 Å². The molecule has 1 N–H and O–H groups in total. The molecule has 2 rings (SSSR count). The molecule has 1 aliphatic heterocycles. The summed E-state index contributed by atoms with van der Waals surface area (Å²) >= 11 is 0. The summed E-state index contributed by atoms with van der Waals surface area (Å²) in [6.45, 7) is 9.77. The highest BCUT2D eigenvalue weighted by Crippen LogP contribution is 2.06. The summed E-state index contributed by atoms with van der Waals surface area (Å²) in [5.74, 6) is 0. The number of nitrogens with zero attached hydrogens (tertiary/aromatic N) is 2. The number of piperazine rings is 1. The third-order valence-corrected chi connectivity index (χ3v) is 4.30. The van der Waals surface area contributed by atoms with E-state index >= 15 is 0 Å². The van der Waals surface area contributed by atoms with Gasteiger partial charge in [0.2, 0.25) is 0 Å². The van der Waals surface area contributed by atoms with Gasteiger partial charge in [0.25, 0.3) is 0 Å². The van der Waals surface area contributed by atoms with Gasteiger partial charge in [-0.05, 0) is 25.5 Å². The number of aryl methyl sites for hydroxylation is 1. The molecule has 0 aliphatic carbocycles. The molecule has 2 amide bonds. The maximum atomic E-state index is 12.2.